The fraction of sp³-hybridized carbons (Fsp3) is 0.500. The van der Waals surface area contributed by atoms with Crippen molar-refractivity contribution in [3.05, 3.63) is 11.8 Å². The molecule has 0 bridgehead atoms. The van der Waals surface area contributed by atoms with Gasteiger partial charge in [-0.2, -0.15) is 0 Å². The number of rotatable bonds is 0. The SMILES string of the molecule is CC.CC1=CN=CC(=O)C1O. The molecule has 0 saturated heterocycles. The lowest BCUT2D eigenvalue weighted by atomic mass is 10.1. The second kappa shape index (κ2) is 4.79. The maximum absolute atomic E-state index is 10.6. The molecule has 1 N–H and O–H groups in total. The van der Waals surface area contributed by atoms with Crippen LogP contribution in [-0.2, 0) is 4.79 Å². The van der Waals surface area contributed by atoms with Gasteiger partial charge in [-0.15, -0.1) is 0 Å². The lowest BCUT2D eigenvalue weighted by Crippen LogP contribution is -2.24. The molecule has 0 fully saturated rings. The van der Waals surface area contributed by atoms with E-state index in [9.17, 15) is 4.79 Å². The number of ketones is 1. The first-order chi connectivity index (χ1) is 5.22. The van der Waals surface area contributed by atoms with Crippen LogP contribution in [-0.4, -0.2) is 23.2 Å². The molecule has 1 atom stereocenters. The Morgan fingerprint density at radius 2 is 2.09 bits per heavy atom. The number of aliphatic hydroxyl groups is 1. The van der Waals surface area contributed by atoms with Gasteiger partial charge in [-0.1, -0.05) is 13.8 Å². The van der Waals surface area contributed by atoms with Crippen LogP contribution in [0.2, 0.25) is 0 Å². The first-order valence-corrected chi connectivity index (χ1v) is 3.63. The highest BCUT2D eigenvalue weighted by atomic mass is 16.3. The molecule has 1 heterocycles. The summed E-state index contributed by atoms with van der Waals surface area (Å²) in [4.78, 5) is 14.2. The van der Waals surface area contributed by atoms with Gasteiger partial charge < -0.3 is 5.11 Å². The summed E-state index contributed by atoms with van der Waals surface area (Å²) in [6.07, 6.45) is 1.64. The Balaban J connectivity index is 0.000000461. The Morgan fingerprint density at radius 1 is 1.55 bits per heavy atom. The third kappa shape index (κ3) is 2.63. The Bertz CT molecular complexity index is 194. The summed E-state index contributed by atoms with van der Waals surface area (Å²) in [5, 5.41) is 8.94. The highest BCUT2D eigenvalue weighted by Crippen LogP contribution is 2.05. The molecular weight excluding hydrogens is 142 g/mol. The van der Waals surface area contributed by atoms with Crippen LogP contribution in [0.4, 0.5) is 0 Å². The normalized spacial score (nSPS) is 22.0. The number of carbonyl (C=O) groups excluding carboxylic acids is 1. The monoisotopic (exact) mass is 155 g/mol. The van der Waals surface area contributed by atoms with Gasteiger partial charge >= 0.3 is 0 Å². The van der Waals surface area contributed by atoms with Crippen molar-refractivity contribution in [2.75, 3.05) is 0 Å². The summed E-state index contributed by atoms with van der Waals surface area (Å²) in [6, 6.07) is 0. The lowest BCUT2D eigenvalue weighted by molar-refractivity contribution is -0.118. The molecule has 0 radical (unpaired) electrons. The molecule has 62 valence electrons. The molecule has 0 saturated carbocycles. The third-order valence-electron chi connectivity index (χ3n) is 1.18. The van der Waals surface area contributed by atoms with Crippen LogP contribution in [0.15, 0.2) is 16.8 Å². The van der Waals surface area contributed by atoms with Crippen LogP contribution in [0.5, 0.6) is 0 Å². The van der Waals surface area contributed by atoms with E-state index in [1.54, 1.807) is 6.92 Å². The zero-order valence-corrected chi connectivity index (χ0v) is 7.03. The fourth-order valence-electron chi connectivity index (χ4n) is 0.594. The Hall–Kier alpha value is -0.960. The molecular formula is C8H13NO2. The maximum Gasteiger partial charge on any atom is 0.206 e. The highest BCUT2D eigenvalue weighted by Gasteiger charge is 2.16. The first-order valence-electron chi connectivity index (χ1n) is 3.63. The minimum absolute atomic E-state index is 0.338. The summed E-state index contributed by atoms with van der Waals surface area (Å²) >= 11 is 0. The zero-order chi connectivity index (χ0) is 8.85. The van der Waals surface area contributed by atoms with E-state index in [0.717, 1.165) is 6.21 Å². The number of carbonyl (C=O) groups is 1. The van der Waals surface area contributed by atoms with Gasteiger partial charge in [-0.05, 0) is 12.5 Å². The molecule has 0 aromatic rings. The minimum atomic E-state index is -0.956. The molecule has 0 aromatic heterocycles. The van der Waals surface area contributed by atoms with E-state index in [0.29, 0.717) is 5.57 Å². The first kappa shape index (κ1) is 10.0. The second-order valence-corrected chi connectivity index (χ2v) is 1.96. The van der Waals surface area contributed by atoms with E-state index in [-0.39, 0.29) is 5.78 Å². The van der Waals surface area contributed by atoms with Gasteiger partial charge in [0.25, 0.3) is 0 Å². The van der Waals surface area contributed by atoms with E-state index in [1.807, 2.05) is 13.8 Å². The second-order valence-electron chi connectivity index (χ2n) is 1.96. The van der Waals surface area contributed by atoms with Crippen molar-refractivity contribution >= 4 is 12.0 Å². The summed E-state index contributed by atoms with van der Waals surface area (Å²) in [6.45, 7) is 5.67. The average Bonchev–Trinajstić information content (AvgIpc) is 2.04. The van der Waals surface area contributed by atoms with Crippen LogP contribution in [0.3, 0.4) is 0 Å². The number of aliphatic hydroxyl groups excluding tert-OH is 1. The van der Waals surface area contributed by atoms with E-state index >= 15 is 0 Å². The highest BCUT2D eigenvalue weighted by molar-refractivity contribution is 6.31. The Labute approximate surface area is 66.5 Å². The van der Waals surface area contributed by atoms with Gasteiger partial charge in [-0.25, -0.2) is 0 Å². The summed E-state index contributed by atoms with van der Waals surface area (Å²) in [5.41, 5.74) is 0.600. The number of hydrogen-bond donors (Lipinski definition) is 1. The zero-order valence-electron chi connectivity index (χ0n) is 7.03. The minimum Gasteiger partial charge on any atom is -0.380 e. The molecule has 1 rings (SSSR count). The molecule has 3 nitrogen and oxygen atoms in total. The molecule has 1 aliphatic rings. The predicted octanol–water partition coefficient (Wildman–Crippen LogP) is 0.931. The largest absolute Gasteiger partial charge is 0.380 e. The summed E-state index contributed by atoms with van der Waals surface area (Å²) in [5.74, 6) is -0.338. The quantitative estimate of drug-likeness (QED) is 0.565. The number of Topliss-reactive ketones (excluding diaryl/α,β-unsaturated/α-hetero) is 1. The van der Waals surface area contributed by atoms with Crippen LogP contribution in [0.1, 0.15) is 20.8 Å². The van der Waals surface area contributed by atoms with Crippen molar-refractivity contribution in [1.82, 2.24) is 0 Å². The molecule has 0 aliphatic carbocycles. The average molecular weight is 155 g/mol. The summed E-state index contributed by atoms with van der Waals surface area (Å²) in [7, 11) is 0. The number of aliphatic imine (C=N–C) groups is 1. The molecule has 11 heavy (non-hydrogen) atoms. The molecule has 3 heteroatoms. The third-order valence-corrected chi connectivity index (χ3v) is 1.18. The van der Waals surface area contributed by atoms with E-state index in [4.69, 9.17) is 5.11 Å². The predicted molar refractivity (Wildman–Crippen MR) is 44.6 cm³/mol. The van der Waals surface area contributed by atoms with Gasteiger partial charge in [0, 0.05) is 6.20 Å². The summed E-state index contributed by atoms with van der Waals surface area (Å²) < 4.78 is 0. The van der Waals surface area contributed by atoms with Crippen molar-refractivity contribution in [1.29, 1.82) is 0 Å². The molecule has 1 aliphatic heterocycles. The van der Waals surface area contributed by atoms with E-state index in [2.05, 4.69) is 4.99 Å². The van der Waals surface area contributed by atoms with Crippen LogP contribution >= 0.6 is 0 Å². The van der Waals surface area contributed by atoms with Gasteiger partial charge in [-0.3, -0.25) is 9.79 Å². The van der Waals surface area contributed by atoms with Crippen molar-refractivity contribution in [3.63, 3.8) is 0 Å². The smallest absolute Gasteiger partial charge is 0.206 e. The van der Waals surface area contributed by atoms with Gasteiger partial charge in [0.2, 0.25) is 5.78 Å². The van der Waals surface area contributed by atoms with Gasteiger partial charge in [0.05, 0.1) is 6.21 Å². The van der Waals surface area contributed by atoms with Crippen LogP contribution in [0.25, 0.3) is 0 Å². The standard InChI is InChI=1S/C6H7NO2.C2H6/c1-4-2-7-3-5(8)6(4)9;1-2/h2-3,6,9H,1H3;1-2H3. The van der Waals surface area contributed by atoms with Gasteiger partial charge in [0.1, 0.15) is 6.10 Å². The molecule has 0 amide bonds. The van der Waals surface area contributed by atoms with Crippen molar-refractivity contribution in [2.24, 2.45) is 4.99 Å². The topological polar surface area (TPSA) is 49.7 Å². The van der Waals surface area contributed by atoms with Crippen molar-refractivity contribution < 1.29 is 9.90 Å². The van der Waals surface area contributed by atoms with Crippen LogP contribution in [0, 0.1) is 0 Å². The van der Waals surface area contributed by atoms with Crippen molar-refractivity contribution in [3.8, 4) is 0 Å². The molecule has 0 spiro atoms. The fourth-order valence-corrected chi connectivity index (χ4v) is 0.594. The van der Waals surface area contributed by atoms with Crippen molar-refractivity contribution in [2.45, 2.75) is 26.9 Å². The Kier molecular flexibility index (Phi) is 4.38. The van der Waals surface area contributed by atoms with E-state index in [1.165, 1.54) is 6.20 Å². The van der Waals surface area contributed by atoms with Crippen LogP contribution < -0.4 is 0 Å². The maximum atomic E-state index is 10.6. The molecule has 1 unspecified atom stereocenters. The molecule has 0 aromatic carbocycles. The number of hydrogen-bond acceptors (Lipinski definition) is 3. The van der Waals surface area contributed by atoms with Gasteiger partial charge in [0.15, 0.2) is 0 Å². The van der Waals surface area contributed by atoms with E-state index < -0.39 is 6.10 Å². The number of nitrogens with zero attached hydrogens (tertiary/aromatic N) is 1. The lowest BCUT2D eigenvalue weighted by Gasteiger charge is -2.08. The Morgan fingerprint density at radius 3 is 2.45 bits per heavy atom.